The van der Waals surface area contributed by atoms with Crippen LogP contribution in [0.3, 0.4) is 0 Å². The Kier molecular flexibility index (Phi) is 5.04. The van der Waals surface area contributed by atoms with E-state index in [2.05, 4.69) is 0 Å². The SMILES string of the molecule is CC1CC(C(=O)O)C(C(=O)N(Cc2cccs2)C(C)C)C1. The summed E-state index contributed by atoms with van der Waals surface area (Å²) >= 11 is 1.63. The molecule has 3 atom stereocenters. The number of carboxylic acids is 1. The van der Waals surface area contributed by atoms with Crippen LogP contribution in [0, 0.1) is 17.8 Å². The molecular formula is C16H23NO3S. The van der Waals surface area contributed by atoms with Gasteiger partial charge in [-0.1, -0.05) is 13.0 Å². The molecule has 5 heteroatoms. The summed E-state index contributed by atoms with van der Waals surface area (Å²) in [5.41, 5.74) is 0. The molecule has 1 aromatic heterocycles. The molecule has 0 aliphatic heterocycles. The average Bonchev–Trinajstić information content (AvgIpc) is 3.03. The van der Waals surface area contributed by atoms with Crippen molar-refractivity contribution in [1.29, 1.82) is 0 Å². The van der Waals surface area contributed by atoms with Crippen molar-refractivity contribution in [2.45, 2.75) is 46.2 Å². The standard InChI is InChI=1S/C16H23NO3S/c1-10(2)17(9-12-5-4-6-21-12)15(18)13-7-11(3)8-14(13)16(19)20/h4-6,10-11,13-14H,7-9H2,1-3H3,(H,19,20). The summed E-state index contributed by atoms with van der Waals surface area (Å²) in [6, 6.07) is 4.06. The molecule has 1 aliphatic rings. The lowest BCUT2D eigenvalue weighted by Gasteiger charge is -2.30. The van der Waals surface area contributed by atoms with E-state index in [0.717, 1.165) is 4.88 Å². The normalized spacial score (nSPS) is 25.2. The zero-order valence-electron chi connectivity index (χ0n) is 12.8. The quantitative estimate of drug-likeness (QED) is 0.908. The third-order valence-corrected chi connectivity index (χ3v) is 5.11. The predicted octanol–water partition coefficient (Wildman–Crippen LogP) is 3.23. The zero-order valence-corrected chi connectivity index (χ0v) is 13.6. The van der Waals surface area contributed by atoms with Crippen molar-refractivity contribution < 1.29 is 14.7 Å². The largest absolute Gasteiger partial charge is 0.481 e. The summed E-state index contributed by atoms with van der Waals surface area (Å²) in [4.78, 5) is 27.2. The fourth-order valence-electron chi connectivity index (χ4n) is 3.14. The molecule has 0 bridgehead atoms. The van der Waals surface area contributed by atoms with Gasteiger partial charge in [0.15, 0.2) is 0 Å². The van der Waals surface area contributed by atoms with Crippen LogP contribution in [0.1, 0.15) is 38.5 Å². The van der Waals surface area contributed by atoms with Crippen molar-refractivity contribution in [2.24, 2.45) is 17.8 Å². The molecule has 1 heterocycles. The predicted molar refractivity (Wildman–Crippen MR) is 83.0 cm³/mol. The molecule has 0 saturated heterocycles. The molecule has 116 valence electrons. The lowest BCUT2D eigenvalue weighted by Crippen LogP contribution is -2.42. The van der Waals surface area contributed by atoms with Gasteiger partial charge in [0.25, 0.3) is 0 Å². The first-order valence-electron chi connectivity index (χ1n) is 7.45. The Morgan fingerprint density at radius 2 is 2.05 bits per heavy atom. The van der Waals surface area contributed by atoms with Gasteiger partial charge in [-0.2, -0.15) is 0 Å². The van der Waals surface area contributed by atoms with Gasteiger partial charge in [-0.05, 0) is 44.1 Å². The van der Waals surface area contributed by atoms with Crippen molar-refractivity contribution in [3.05, 3.63) is 22.4 Å². The number of aliphatic carboxylic acids is 1. The number of carbonyl (C=O) groups is 2. The van der Waals surface area contributed by atoms with E-state index in [-0.39, 0.29) is 17.9 Å². The van der Waals surface area contributed by atoms with Gasteiger partial charge in [0.1, 0.15) is 0 Å². The first-order chi connectivity index (χ1) is 9.90. The molecule has 1 amide bonds. The number of rotatable bonds is 5. The van der Waals surface area contributed by atoms with E-state index >= 15 is 0 Å². The van der Waals surface area contributed by atoms with Crippen LogP contribution in [-0.4, -0.2) is 27.9 Å². The Labute approximate surface area is 129 Å². The molecule has 0 radical (unpaired) electrons. The lowest BCUT2D eigenvalue weighted by atomic mass is 9.94. The Morgan fingerprint density at radius 3 is 2.57 bits per heavy atom. The van der Waals surface area contributed by atoms with Crippen LogP contribution in [0.25, 0.3) is 0 Å². The van der Waals surface area contributed by atoms with Crippen LogP contribution in [0.5, 0.6) is 0 Å². The minimum Gasteiger partial charge on any atom is -0.481 e. The van der Waals surface area contributed by atoms with Gasteiger partial charge < -0.3 is 10.0 Å². The fourth-order valence-corrected chi connectivity index (χ4v) is 3.84. The van der Waals surface area contributed by atoms with Crippen molar-refractivity contribution in [3.8, 4) is 0 Å². The van der Waals surface area contributed by atoms with E-state index in [1.54, 1.807) is 11.3 Å². The van der Waals surface area contributed by atoms with Gasteiger partial charge in [-0.3, -0.25) is 9.59 Å². The van der Waals surface area contributed by atoms with Crippen molar-refractivity contribution in [2.75, 3.05) is 0 Å². The molecule has 3 unspecified atom stereocenters. The molecule has 1 fully saturated rings. The van der Waals surface area contributed by atoms with Crippen LogP contribution < -0.4 is 0 Å². The van der Waals surface area contributed by atoms with Crippen LogP contribution in [0.15, 0.2) is 17.5 Å². The van der Waals surface area contributed by atoms with E-state index in [1.807, 2.05) is 43.2 Å². The topological polar surface area (TPSA) is 57.6 Å². The van der Waals surface area contributed by atoms with E-state index in [9.17, 15) is 14.7 Å². The minimum atomic E-state index is -0.836. The van der Waals surface area contributed by atoms with Gasteiger partial charge in [-0.25, -0.2) is 0 Å². The summed E-state index contributed by atoms with van der Waals surface area (Å²) in [5, 5.41) is 11.4. The highest BCUT2D eigenvalue weighted by Crippen LogP contribution is 2.38. The summed E-state index contributed by atoms with van der Waals surface area (Å²) in [6.07, 6.45) is 1.29. The Bertz CT molecular complexity index is 498. The molecule has 1 N–H and O–H groups in total. The van der Waals surface area contributed by atoms with Crippen LogP contribution >= 0.6 is 11.3 Å². The van der Waals surface area contributed by atoms with Crippen molar-refractivity contribution in [1.82, 2.24) is 4.90 Å². The highest BCUT2D eigenvalue weighted by molar-refractivity contribution is 7.09. The second kappa shape index (κ2) is 6.60. The number of carbonyl (C=O) groups excluding carboxylic acids is 1. The first kappa shape index (κ1) is 16.0. The zero-order chi connectivity index (χ0) is 15.6. The number of amides is 1. The summed E-state index contributed by atoms with van der Waals surface area (Å²) in [6.45, 7) is 6.58. The summed E-state index contributed by atoms with van der Waals surface area (Å²) in [5.74, 6) is -1.44. The molecule has 0 aromatic carbocycles. The molecule has 2 rings (SSSR count). The number of hydrogen-bond acceptors (Lipinski definition) is 3. The molecule has 1 saturated carbocycles. The summed E-state index contributed by atoms with van der Waals surface area (Å²) in [7, 11) is 0. The summed E-state index contributed by atoms with van der Waals surface area (Å²) < 4.78 is 0. The van der Waals surface area contributed by atoms with E-state index in [4.69, 9.17) is 0 Å². The molecule has 4 nitrogen and oxygen atoms in total. The second-order valence-corrected chi connectivity index (χ2v) is 7.30. The van der Waals surface area contributed by atoms with Gasteiger partial charge in [0.2, 0.25) is 5.91 Å². The third kappa shape index (κ3) is 3.64. The highest BCUT2D eigenvalue weighted by Gasteiger charge is 2.43. The van der Waals surface area contributed by atoms with E-state index < -0.39 is 11.9 Å². The van der Waals surface area contributed by atoms with Gasteiger partial charge in [0.05, 0.1) is 18.4 Å². The molecule has 1 aromatic rings. The van der Waals surface area contributed by atoms with Gasteiger partial charge in [0, 0.05) is 10.9 Å². The monoisotopic (exact) mass is 309 g/mol. The van der Waals surface area contributed by atoms with E-state index in [0.29, 0.717) is 25.3 Å². The molecule has 0 spiro atoms. The van der Waals surface area contributed by atoms with Crippen LogP contribution in [0.4, 0.5) is 0 Å². The smallest absolute Gasteiger partial charge is 0.307 e. The number of nitrogens with zero attached hydrogens (tertiary/aromatic N) is 1. The Morgan fingerprint density at radius 1 is 1.38 bits per heavy atom. The minimum absolute atomic E-state index is 0.00449. The van der Waals surface area contributed by atoms with Crippen molar-refractivity contribution >= 4 is 23.2 Å². The van der Waals surface area contributed by atoms with Crippen LogP contribution in [-0.2, 0) is 16.1 Å². The van der Waals surface area contributed by atoms with E-state index in [1.165, 1.54) is 0 Å². The number of hydrogen-bond donors (Lipinski definition) is 1. The molecule has 21 heavy (non-hydrogen) atoms. The fraction of sp³-hybridized carbons (Fsp3) is 0.625. The molecule has 1 aliphatic carbocycles. The van der Waals surface area contributed by atoms with Crippen molar-refractivity contribution in [3.63, 3.8) is 0 Å². The maximum Gasteiger partial charge on any atom is 0.307 e. The average molecular weight is 309 g/mol. The molecular weight excluding hydrogens is 286 g/mol. The lowest BCUT2D eigenvalue weighted by molar-refractivity contribution is -0.150. The van der Waals surface area contributed by atoms with Gasteiger partial charge in [-0.15, -0.1) is 11.3 Å². The maximum absolute atomic E-state index is 12.8. The highest BCUT2D eigenvalue weighted by atomic mass is 32.1. The number of thiophene rings is 1. The Balaban J connectivity index is 2.16. The first-order valence-corrected chi connectivity index (χ1v) is 8.33. The van der Waals surface area contributed by atoms with Crippen LogP contribution in [0.2, 0.25) is 0 Å². The van der Waals surface area contributed by atoms with Gasteiger partial charge >= 0.3 is 5.97 Å². The maximum atomic E-state index is 12.8. The third-order valence-electron chi connectivity index (χ3n) is 4.25. The second-order valence-electron chi connectivity index (χ2n) is 6.27. The number of carboxylic acid groups (broad SMARTS) is 1. The Hall–Kier alpha value is -1.36.